The van der Waals surface area contributed by atoms with Gasteiger partial charge in [-0.05, 0) is 12.3 Å². The second kappa shape index (κ2) is 8.01. The minimum atomic E-state index is -1.06. The van der Waals surface area contributed by atoms with Gasteiger partial charge in [0.25, 0.3) is 5.91 Å². The summed E-state index contributed by atoms with van der Waals surface area (Å²) < 4.78 is 5.33. The third-order valence-electron chi connectivity index (χ3n) is 4.38. The quantitative estimate of drug-likeness (QED) is 0.719. The van der Waals surface area contributed by atoms with E-state index in [1.807, 2.05) is 0 Å². The second-order valence-electron chi connectivity index (χ2n) is 6.01. The molecule has 1 amide bonds. The van der Waals surface area contributed by atoms with Crippen molar-refractivity contribution in [2.45, 2.75) is 58.3 Å². The van der Waals surface area contributed by atoms with E-state index in [1.165, 1.54) is 38.2 Å². The summed E-state index contributed by atoms with van der Waals surface area (Å²) in [5.41, 5.74) is 0.0777. The number of nitrogens with one attached hydrogen (secondary N) is 1. The van der Waals surface area contributed by atoms with E-state index in [0.29, 0.717) is 18.7 Å². The molecule has 1 heterocycles. The molecule has 0 unspecified atom stereocenters. The van der Waals surface area contributed by atoms with Gasteiger partial charge in [-0.1, -0.05) is 45.4 Å². The van der Waals surface area contributed by atoms with Crippen molar-refractivity contribution in [1.82, 2.24) is 5.32 Å². The molecule has 1 aromatic heterocycles. The molecule has 2 rings (SSSR count). The van der Waals surface area contributed by atoms with Crippen LogP contribution in [0.25, 0.3) is 0 Å². The number of aryl methyl sites for hydroxylation is 1. The lowest BCUT2D eigenvalue weighted by atomic mass is 10.0. The highest BCUT2D eigenvalue weighted by Gasteiger charge is 2.19. The molecule has 1 saturated carbocycles. The highest BCUT2D eigenvalue weighted by atomic mass is 16.4. The minimum Gasteiger partial charge on any atom is -0.478 e. The Morgan fingerprint density at radius 2 is 2.05 bits per heavy atom. The number of unbranched alkanes of at least 4 members (excludes halogenated alkanes) is 1. The molecule has 122 valence electrons. The number of furan rings is 1. The van der Waals surface area contributed by atoms with E-state index in [0.717, 1.165) is 18.8 Å². The summed E-state index contributed by atoms with van der Waals surface area (Å²) in [4.78, 5) is 23.0. The summed E-state index contributed by atoms with van der Waals surface area (Å²) >= 11 is 0. The zero-order chi connectivity index (χ0) is 15.9. The van der Waals surface area contributed by atoms with E-state index in [4.69, 9.17) is 9.52 Å². The molecule has 1 aliphatic rings. The molecule has 0 aliphatic heterocycles. The molecule has 0 bridgehead atoms. The van der Waals surface area contributed by atoms with E-state index in [1.54, 1.807) is 6.92 Å². The van der Waals surface area contributed by atoms with Crippen molar-refractivity contribution in [3.8, 4) is 0 Å². The van der Waals surface area contributed by atoms with Crippen LogP contribution in [-0.2, 0) is 6.42 Å². The van der Waals surface area contributed by atoms with Crippen LogP contribution < -0.4 is 5.32 Å². The SMILES string of the molecule is CCc1oc(C(=O)NCCCCC2CCCC2)cc1C(=O)O. The zero-order valence-corrected chi connectivity index (χ0v) is 13.2. The molecule has 0 atom stereocenters. The van der Waals surface area contributed by atoms with Crippen LogP contribution in [0.4, 0.5) is 0 Å². The summed E-state index contributed by atoms with van der Waals surface area (Å²) in [6.45, 7) is 2.41. The smallest absolute Gasteiger partial charge is 0.339 e. The fourth-order valence-electron chi connectivity index (χ4n) is 3.13. The molecule has 0 aromatic carbocycles. The Labute approximate surface area is 131 Å². The largest absolute Gasteiger partial charge is 0.478 e. The van der Waals surface area contributed by atoms with Gasteiger partial charge >= 0.3 is 5.97 Å². The van der Waals surface area contributed by atoms with E-state index in [-0.39, 0.29) is 17.2 Å². The maximum Gasteiger partial charge on any atom is 0.339 e. The van der Waals surface area contributed by atoms with Crippen molar-refractivity contribution in [2.24, 2.45) is 5.92 Å². The standard InChI is InChI=1S/C17H25NO4/c1-2-14-13(17(20)21)11-15(22-14)16(19)18-10-6-5-9-12-7-3-4-8-12/h11-12H,2-10H2,1H3,(H,18,19)(H,20,21). The number of hydrogen-bond donors (Lipinski definition) is 2. The molecule has 5 heteroatoms. The Kier molecular flexibility index (Phi) is 6.04. The van der Waals surface area contributed by atoms with Crippen LogP contribution in [0.5, 0.6) is 0 Å². The molecular formula is C17H25NO4. The first-order valence-electron chi connectivity index (χ1n) is 8.26. The lowest BCUT2D eigenvalue weighted by molar-refractivity contribution is 0.0694. The Bertz CT molecular complexity index is 515. The number of carboxylic acid groups (broad SMARTS) is 1. The van der Waals surface area contributed by atoms with Crippen molar-refractivity contribution in [2.75, 3.05) is 6.54 Å². The summed E-state index contributed by atoms with van der Waals surface area (Å²) in [5, 5.41) is 11.9. The van der Waals surface area contributed by atoms with Crippen molar-refractivity contribution in [3.63, 3.8) is 0 Å². The van der Waals surface area contributed by atoms with Gasteiger partial charge in [0.15, 0.2) is 5.76 Å². The highest BCUT2D eigenvalue weighted by Crippen LogP contribution is 2.28. The number of carbonyl (C=O) groups is 2. The van der Waals surface area contributed by atoms with Gasteiger partial charge in [0, 0.05) is 19.0 Å². The molecule has 22 heavy (non-hydrogen) atoms. The highest BCUT2D eigenvalue weighted by molar-refractivity contribution is 5.96. The van der Waals surface area contributed by atoms with E-state index in [2.05, 4.69) is 5.32 Å². The van der Waals surface area contributed by atoms with Crippen molar-refractivity contribution in [3.05, 3.63) is 23.2 Å². The third-order valence-corrected chi connectivity index (χ3v) is 4.38. The van der Waals surface area contributed by atoms with Gasteiger partial charge in [0.2, 0.25) is 0 Å². The van der Waals surface area contributed by atoms with Gasteiger partial charge in [-0.2, -0.15) is 0 Å². The summed E-state index contributed by atoms with van der Waals surface area (Å²) in [6, 6.07) is 1.31. The number of rotatable bonds is 8. The van der Waals surface area contributed by atoms with Crippen LogP contribution in [0, 0.1) is 5.92 Å². The van der Waals surface area contributed by atoms with Gasteiger partial charge in [0.1, 0.15) is 11.3 Å². The Balaban J connectivity index is 1.73. The fourth-order valence-corrected chi connectivity index (χ4v) is 3.13. The van der Waals surface area contributed by atoms with Crippen molar-refractivity contribution < 1.29 is 19.1 Å². The number of hydrogen-bond acceptors (Lipinski definition) is 3. The predicted molar refractivity (Wildman–Crippen MR) is 83.2 cm³/mol. The normalized spacial score (nSPS) is 15.1. The van der Waals surface area contributed by atoms with Gasteiger partial charge in [0.05, 0.1) is 0 Å². The molecule has 1 aromatic rings. The topological polar surface area (TPSA) is 79.5 Å². The predicted octanol–water partition coefficient (Wildman–Crippen LogP) is 3.63. The molecule has 0 saturated heterocycles. The lowest BCUT2D eigenvalue weighted by Crippen LogP contribution is -2.24. The number of amides is 1. The molecule has 2 N–H and O–H groups in total. The third kappa shape index (κ3) is 4.36. The Morgan fingerprint density at radius 3 is 2.64 bits per heavy atom. The maximum atomic E-state index is 12.0. The van der Waals surface area contributed by atoms with Crippen molar-refractivity contribution >= 4 is 11.9 Å². The van der Waals surface area contributed by atoms with Gasteiger partial charge in [-0.3, -0.25) is 4.79 Å². The molecule has 5 nitrogen and oxygen atoms in total. The Morgan fingerprint density at radius 1 is 1.32 bits per heavy atom. The Hall–Kier alpha value is -1.78. The van der Waals surface area contributed by atoms with Gasteiger partial charge < -0.3 is 14.8 Å². The zero-order valence-electron chi connectivity index (χ0n) is 13.2. The molecule has 0 radical (unpaired) electrons. The van der Waals surface area contributed by atoms with Gasteiger partial charge in [-0.25, -0.2) is 4.79 Å². The van der Waals surface area contributed by atoms with Crippen LogP contribution in [0.3, 0.4) is 0 Å². The van der Waals surface area contributed by atoms with Crippen LogP contribution >= 0.6 is 0 Å². The van der Waals surface area contributed by atoms with Crippen LogP contribution in [0.15, 0.2) is 10.5 Å². The summed E-state index contributed by atoms with van der Waals surface area (Å²) in [7, 11) is 0. The first-order chi connectivity index (χ1) is 10.6. The number of aromatic carboxylic acids is 1. The van der Waals surface area contributed by atoms with Crippen molar-refractivity contribution in [1.29, 1.82) is 0 Å². The van der Waals surface area contributed by atoms with Crippen LogP contribution in [0.1, 0.15) is 78.5 Å². The number of carboxylic acids is 1. The van der Waals surface area contributed by atoms with E-state index in [9.17, 15) is 9.59 Å². The second-order valence-corrected chi connectivity index (χ2v) is 6.01. The molecule has 1 aliphatic carbocycles. The fraction of sp³-hybridized carbons (Fsp3) is 0.647. The average molecular weight is 307 g/mol. The van der Waals surface area contributed by atoms with Crippen LogP contribution in [-0.4, -0.2) is 23.5 Å². The average Bonchev–Trinajstić information content (AvgIpc) is 3.15. The first kappa shape index (κ1) is 16.6. The summed E-state index contributed by atoms with van der Waals surface area (Å²) in [6.07, 6.45) is 9.24. The lowest BCUT2D eigenvalue weighted by Gasteiger charge is -2.08. The maximum absolute atomic E-state index is 12.0. The summed E-state index contributed by atoms with van der Waals surface area (Å²) in [5.74, 6) is -0.0748. The minimum absolute atomic E-state index is 0.0777. The van der Waals surface area contributed by atoms with Gasteiger partial charge in [-0.15, -0.1) is 0 Å². The number of carbonyl (C=O) groups excluding carboxylic acids is 1. The van der Waals surface area contributed by atoms with E-state index >= 15 is 0 Å². The van der Waals surface area contributed by atoms with E-state index < -0.39 is 5.97 Å². The molecule has 1 fully saturated rings. The first-order valence-corrected chi connectivity index (χ1v) is 8.26. The monoisotopic (exact) mass is 307 g/mol. The molecule has 0 spiro atoms. The molecular weight excluding hydrogens is 282 g/mol. The van der Waals surface area contributed by atoms with Crippen LogP contribution in [0.2, 0.25) is 0 Å².